The zero-order valence-corrected chi connectivity index (χ0v) is 8.91. The van der Waals surface area contributed by atoms with Gasteiger partial charge in [0.15, 0.2) is 0 Å². The molecule has 0 atom stereocenters. The van der Waals surface area contributed by atoms with E-state index < -0.39 is 16.4 Å². The third-order valence-corrected chi connectivity index (χ3v) is 4.20. The third kappa shape index (κ3) is 1.88. The van der Waals surface area contributed by atoms with Gasteiger partial charge in [-0.3, -0.25) is 4.21 Å². The Morgan fingerprint density at radius 2 is 1.67 bits per heavy atom. The Bertz CT molecular complexity index is 183. The molecule has 0 unspecified atom stereocenters. The average Bonchev–Trinajstić information content (AvgIpc) is 1.93. The molecule has 72 valence electrons. The Morgan fingerprint density at radius 3 is 2.00 bits per heavy atom. The van der Waals surface area contributed by atoms with Gasteiger partial charge in [-0.05, 0) is 18.3 Å². The highest BCUT2D eigenvalue weighted by Crippen LogP contribution is 2.38. The van der Waals surface area contributed by atoms with E-state index in [4.69, 9.17) is 0 Å². The Kier molecular flexibility index (Phi) is 2.64. The molecule has 12 heavy (non-hydrogen) atoms. The summed E-state index contributed by atoms with van der Waals surface area (Å²) in [4.78, 5) is 0. The lowest BCUT2D eigenvalue weighted by Crippen LogP contribution is -2.47. The monoisotopic (exact) mass is 190 g/mol. The first-order valence-electron chi connectivity index (χ1n) is 4.42. The Balaban J connectivity index is 2.68. The van der Waals surface area contributed by atoms with Crippen molar-refractivity contribution in [1.82, 2.24) is 0 Å². The molecular weight excluding hydrogens is 172 g/mol. The van der Waals surface area contributed by atoms with Crippen LogP contribution in [0.5, 0.6) is 0 Å². The molecule has 0 saturated carbocycles. The van der Waals surface area contributed by atoms with Gasteiger partial charge in [-0.25, -0.2) is 0 Å². The van der Waals surface area contributed by atoms with Crippen LogP contribution in [0.15, 0.2) is 0 Å². The first-order chi connectivity index (χ1) is 5.35. The zero-order valence-electron chi connectivity index (χ0n) is 8.09. The van der Waals surface area contributed by atoms with Gasteiger partial charge in [-0.2, -0.15) is 0 Å². The summed E-state index contributed by atoms with van der Waals surface area (Å²) >= 11 is 0. The lowest BCUT2D eigenvalue weighted by atomic mass is 9.73. The molecule has 0 amide bonds. The second kappa shape index (κ2) is 3.11. The van der Waals surface area contributed by atoms with E-state index in [9.17, 15) is 9.32 Å². The lowest BCUT2D eigenvalue weighted by molar-refractivity contribution is -0.0644. The minimum Gasteiger partial charge on any atom is -0.389 e. The third-order valence-electron chi connectivity index (χ3n) is 2.88. The van der Waals surface area contributed by atoms with Crippen molar-refractivity contribution in [2.24, 2.45) is 5.41 Å². The molecule has 1 rings (SSSR count). The normalized spacial score (nSPS) is 38.2. The Labute approximate surface area is 76.8 Å². The second-order valence-corrected chi connectivity index (χ2v) is 6.33. The number of hydrogen-bond donors (Lipinski definition) is 1. The summed E-state index contributed by atoms with van der Waals surface area (Å²) in [6, 6.07) is 0. The number of hydrogen-bond acceptors (Lipinski definition) is 2. The predicted octanol–water partition coefficient (Wildman–Crippen LogP) is 1.31. The zero-order chi connectivity index (χ0) is 9.41. The standard InChI is InChI=1S/C9H18O2S/c1-8(2,3)9(10)4-6-12(11)7-5-9/h10H,4-7H2,1-3H3. The fourth-order valence-electron chi connectivity index (χ4n) is 1.54. The topological polar surface area (TPSA) is 37.3 Å². The summed E-state index contributed by atoms with van der Waals surface area (Å²) in [5.74, 6) is 1.32. The fourth-order valence-corrected chi connectivity index (χ4v) is 2.88. The molecule has 0 aromatic heterocycles. The van der Waals surface area contributed by atoms with E-state index in [1.54, 1.807) is 0 Å². The van der Waals surface area contributed by atoms with Crippen LogP contribution in [0.1, 0.15) is 33.6 Å². The highest BCUT2D eigenvalue weighted by Gasteiger charge is 2.41. The van der Waals surface area contributed by atoms with Crippen LogP contribution in [0.2, 0.25) is 0 Å². The summed E-state index contributed by atoms with van der Waals surface area (Å²) in [5, 5.41) is 10.2. The summed E-state index contributed by atoms with van der Waals surface area (Å²) < 4.78 is 11.1. The van der Waals surface area contributed by atoms with Crippen molar-refractivity contribution in [3.05, 3.63) is 0 Å². The van der Waals surface area contributed by atoms with Gasteiger partial charge < -0.3 is 5.11 Å². The van der Waals surface area contributed by atoms with Crippen LogP contribution in [0, 0.1) is 5.41 Å². The Hall–Kier alpha value is 0.110. The summed E-state index contributed by atoms with van der Waals surface area (Å²) in [6.07, 6.45) is 1.37. The molecule has 3 heteroatoms. The quantitative estimate of drug-likeness (QED) is 0.625. The molecule has 1 saturated heterocycles. The summed E-state index contributed by atoms with van der Waals surface area (Å²) in [5.41, 5.74) is -0.682. The van der Waals surface area contributed by atoms with Gasteiger partial charge in [0, 0.05) is 22.3 Å². The highest BCUT2D eigenvalue weighted by molar-refractivity contribution is 7.85. The lowest BCUT2D eigenvalue weighted by Gasteiger charge is -2.42. The van der Waals surface area contributed by atoms with E-state index >= 15 is 0 Å². The minimum absolute atomic E-state index is 0.0857. The maximum atomic E-state index is 11.1. The molecule has 1 N–H and O–H groups in total. The van der Waals surface area contributed by atoms with Crippen LogP contribution in [-0.2, 0) is 10.8 Å². The van der Waals surface area contributed by atoms with E-state index in [0.717, 1.165) is 0 Å². The van der Waals surface area contributed by atoms with Crippen LogP contribution >= 0.6 is 0 Å². The maximum absolute atomic E-state index is 11.1. The predicted molar refractivity (Wildman–Crippen MR) is 51.5 cm³/mol. The van der Waals surface area contributed by atoms with Crippen LogP contribution in [0.25, 0.3) is 0 Å². The molecular formula is C9H18O2S. The molecule has 0 bridgehead atoms. The first kappa shape index (κ1) is 10.2. The second-order valence-electron chi connectivity index (χ2n) is 4.63. The summed E-state index contributed by atoms with van der Waals surface area (Å²) in [6.45, 7) is 6.13. The van der Waals surface area contributed by atoms with Crippen LogP contribution < -0.4 is 0 Å². The highest BCUT2D eigenvalue weighted by atomic mass is 32.2. The number of rotatable bonds is 0. The van der Waals surface area contributed by atoms with Crippen molar-refractivity contribution in [3.63, 3.8) is 0 Å². The summed E-state index contributed by atoms with van der Waals surface area (Å²) in [7, 11) is -0.682. The first-order valence-corrected chi connectivity index (χ1v) is 5.91. The van der Waals surface area contributed by atoms with Crippen LogP contribution in [0.4, 0.5) is 0 Å². The van der Waals surface area contributed by atoms with Crippen molar-refractivity contribution in [3.8, 4) is 0 Å². The molecule has 0 aromatic rings. The van der Waals surface area contributed by atoms with E-state index in [1.165, 1.54) is 0 Å². The van der Waals surface area contributed by atoms with Crippen molar-refractivity contribution >= 4 is 10.8 Å². The largest absolute Gasteiger partial charge is 0.389 e. The van der Waals surface area contributed by atoms with Gasteiger partial charge in [0.05, 0.1) is 5.60 Å². The molecule has 0 radical (unpaired) electrons. The van der Waals surface area contributed by atoms with Gasteiger partial charge in [0.1, 0.15) is 0 Å². The minimum atomic E-state index is -0.682. The van der Waals surface area contributed by atoms with E-state index in [1.807, 2.05) is 20.8 Å². The molecule has 1 aliphatic heterocycles. The smallest absolute Gasteiger partial charge is 0.0713 e. The van der Waals surface area contributed by atoms with Crippen molar-refractivity contribution in [2.75, 3.05) is 11.5 Å². The molecule has 0 aromatic carbocycles. The SMILES string of the molecule is CC(C)(C)C1(O)CCS(=O)CC1. The van der Waals surface area contributed by atoms with Gasteiger partial charge in [0.25, 0.3) is 0 Å². The van der Waals surface area contributed by atoms with Crippen molar-refractivity contribution in [2.45, 2.75) is 39.2 Å². The van der Waals surface area contributed by atoms with E-state index in [2.05, 4.69) is 0 Å². The van der Waals surface area contributed by atoms with Crippen LogP contribution in [-0.4, -0.2) is 26.4 Å². The van der Waals surface area contributed by atoms with Gasteiger partial charge in [-0.1, -0.05) is 20.8 Å². The maximum Gasteiger partial charge on any atom is 0.0713 e. The van der Waals surface area contributed by atoms with E-state index in [0.29, 0.717) is 24.3 Å². The Morgan fingerprint density at radius 1 is 1.25 bits per heavy atom. The average molecular weight is 190 g/mol. The van der Waals surface area contributed by atoms with Gasteiger partial charge in [0.2, 0.25) is 0 Å². The number of aliphatic hydroxyl groups is 1. The molecule has 1 aliphatic rings. The molecule has 1 heterocycles. The van der Waals surface area contributed by atoms with Crippen LogP contribution in [0.3, 0.4) is 0 Å². The molecule has 1 fully saturated rings. The van der Waals surface area contributed by atoms with Crippen molar-refractivity contribution in [1.29, 1.82) is 0 Å². The molecule has 2 nitrogen and oxygen atoms in total. The molecule has 0 spiro atoms. The fraction of sp³-hybridized carbons (Fsp3) is 1.00. The van der Waals surface area contributed by atoms with Gasteiger partial charge >= 0.3 is 0 Å². The van der Waals surface area contributed by atoms with Gasteiger partial charge in [-0.15, -0.1) is 0 Å². The van der Waals surface area contributed by atoms with Crippen molar-refractivity contribution < 1.29 is 9.32 Å². The molecule has 0 aliphatic carbocycles. The van der Waals surface area contributed by atoms with E-state index in [-0.39, 0.29) is 5.41 Å².